The molecule has 9 nitrogen and oxygen atoms in total. The number of barbiturate groups is 1. The van der Waals surface area contributed by atoms with Crippen molar-refractivity contribution in [3.8, 4) is 5.75 Å². The Kier molecular flexibility index (Phi) is 8.80. The fourth-order valence-electron chi connectivity index (χ4n) is 4.35. The molecule has 3 N–H and O–H groups in total. The van der Waals surface area contributed by atoms with E-state index in [-0.39, 0.29) is 24.1 Å². The molecule has 0 aromatic heterocycles. The van der Waals surface area contributed by atoms with Crippen LogP contribution < -0.4 is 15.8 Å². The Morgan fingerprint density at radius 2 is 1.85 bits per heavy atom. The van der Waals surface area contributed by atoms with Crippen LogP contribution in [0.15, 0.2) is 18.2 Å². The highest BCUT2D eigenvalue weighted by molar-refractivity contribution is 6.16. The quantitative estimate of drug-likeness (QED) is 0.546. The van der Waals surface area contributed by atoms with Crippen LogP contribution in [0.25, 0.3) is 0 Å². The molecule has 0 aliphatic carbocycles. The third kappa shape index (κ3) is 5.65. The number of urea groups is 1. The highest BCUT2D eigenvalue weighted by atomic mass is 35.5. The molecule has 1 aromatic rings. The number of nitrogens with one attached hydrogen (secondary N) is 1. The lowest BCUT2D eigenvalue weighted by molar-refractivity contribution is -0.146. The predicted molar refractivity (Wildman–Crippen MR) is 118 cm³/mol. The summed E-state index contributed by atoms with van der Waals surface area (Å²) in [7, 11) is 0. The van der Waals surface area contributed by atoms with Gasteiger partial charge in [-0.05, 0) is 31.0 Å². The number of imide groups is 2. The number of hydrogen-bond donors (Lipinski definition) is 2. The maximum atomic E-state index is 15.2. The van der Waals surface area contributed by atoms with Crippen LogP contribution in [-0.2, 0) is 19.1 Å². The fraction of sp³-hybridized carbons (Fsp3) is 0.591. The third-order valence-corrected chi connectivity index (χ3v) is 6.22. The van der Waals surface area contributed by atoms with Crippen LogP contribution in [0.1, 0.15) is 37.3 Å². The predicted octanol–water partition coefficient (Wildman–Crippen LogP) is 2.02. The molecule has 1 aromatic carbocycles. The van der Waals surface area contributed by atoms with Crippen LogP contribution in [0, 0.1) is 11.7 Å². The Bertz CT molecular complexity index is 911. The van der Waals surface area contributed by atoms with Gasteiger partial charge in [0, 0.05) is 37.7 Å². The second-order valence-electron chi connectivity index (χ2n) is 8.46. The summed E-state index contributed by atoms with van der Waals surface area (Å²) < 4.78 is 45.9. The number of nitrogens with two attached hydrogens (primary N) is 1. The zero-order valence-electron chi connectivity index (χ0n) is 18.4. The highest BCUT2D eigenvalue weighted by Gasteiger charge is 2.45. The maximum Gasteiger partial charge on any atom is 0.331 e. The molecule has 3 unspecified atom stereocenters. The normalized spacial score (nSPS) is 25.5. The van der Waals surface area contributed by atoms with Gasteiger partial charge in [0.05, 0.1) is 19.3 Å². The van der Waals surface area contributed by atoms with E-state index >= 15 is 4.39 Å². The lowest BCUT2D eigenvalue weighted by atomic mass is 9.91. The van der Waals surface area contributed by atoms with Gasteiger partial charge in [-0.15, -0.1) is 12.4 Å². The first-order valence-corrected chi connectivity index (χ1v) is 11.0. The van der Waals surface area contributed by atoms with Crippen LogP contribution in [0.2, 0.25) is 0 Å². The maximum absolute atomic E-state index is 15.2. The average molecular weight is 504 g/mol. The SMILES string of the molecule is Cl.NC(c1cc(O[C@@H]2CCOC2)ccc1F)C(F)CC1C(=O)NC(=O)N(C2CCOCC2)C1=O. The molecule has 4 amide bonds. The Morgan fingerprint density at radius 1 is 1.15 bits per heavy atom. The van der Waals surface area contributed by atoms with Crippen LogP contribution in [0.3, 0.4) is 0 Å². The fourth-order valence-corrected chi connectivity index (χ4v) is 4.35. The number of hydrogen-bond acceptors (Lipinski definition) is 7. The number of carbonyl (C=O) groups excluding carboxylic acids is 3. The van der Waals surface area contributed by atoms with Crippen LogP contribution in [-0.4, -0.2) is 67.5 Å². The van der Waals surface area contributed by atoms with E-state index in [9.17, 15) is 18.8 Å². The molecule has 0 spiro atoms. The van der Waals surface area contributed by atoms with Crippen LogP contribution in [0.4, 0.5) is 13.6 Å². The molecule has 4 atom stereocenters. The summed E-state index contributed by atoms with van der Waals surface area (Å²) in [6.07, 6.45) is -1.14. The monoisotopic (exact) mass is 503 g/mol. The van der Waals surface area contributed by atoms with Gasteiger partial charge < -0.3 is 19.9 Å². The summed E-state index contributed by atoms with van der Waals surface area (Å²) in [6, 6.07) is 1.19. The minimum absolute atomic E-state index is 0. The smallest absolute Gasteiger partial charge is 0.331 e. The van der Waals surface area contributed by atoms with Crippen molar-refractivity contribution < 1.29 is 37.4 Å². The zero-order chi connectivity index (χ0) is 23.5. The van der Waals surface area contributed by atoms with Gasteiger partial charge in [0.1, 0.15) is 29.8 Å². The molecule has 0 bridgehead atoms. The van der Waals surface area contributed by atoms with Crippen LogP contribution in [0.5, 0.6) is 5.75 Å². The van der Waals surface area contributed by atoms with Gasteiger partial charge in [-0.3, -0.25) is 19.8 Å². The number of ether oxygens (including phenoxy) is 3. The van der Waals surface area contributed by atoms with Gasteiger partial charge in [-0.1, -0.05) is 0 Å². The van der Waals surface area contributed by atoms with Crippen LogP contribution >= 0.6 is 12.4 Å². The largest absolute Gasteiger partial charge is 0.488 e. The van der Waals surface area contributed by atoms with Crippen molar-refractivity contribution >= 4 is 30.3 Å². The van der Waals surface area contributed by atoms with Gasteiger partial charge in [0.15, 0.2) is 0 Å². The van der Waals surface area contributed by atoms with E-state index < -0.39 is 54.3 Å². The number of alkyl halides is 1. The summed E-state index contributed by atoms with van der Waals surface area (Å²) in [5.74, 6) is -3.50. The van der Waals surface area contributed by atoms with E-state index in [1.807, 2.05) is 0 Å². The van der Waals surface area contributed by atoms with Gasteiger partial charge in [0.25, 0.3) is 0 Å². The number of benzene rings is 1. The Balaban J connectivity index is 0.00000324. The molecule has 0 saturated carbocycles. The highest BCUT2D eigenvalue weighted by Crippen LogP contribution is 2.31. The molecule has 188 valence electrons. The second-order valence-corrected chi connectivity index (χ2v) is 8.46. The molecular weight excluding hydrogens is 476 g/mol. The number of halogens is 3. The number of rotatable bonds is 7. The standard InChI is InChI=1S/C22H27F2N3O6.ClH/c23-17-2-1-13(33-14-5-8-32-11-14)9-15(17)19(25)18(24)10-16-20(28)26-22(30)27(21(16)29)12-3-6-31-7-4-12;/h1-2,9,12,14,16,18-19H,3-8,10-11,25H2,(H,26,28,30);1H/t14-,16?,18?,19?;/m1./s1. The zero-order valence-corrected chi connectivity index (χ0v) is 19.2. The van der Waals surface area contributed by atoms with Gasteiger partial charge in [-0.2, -0.15) is 0 Å². The molecule has 12 heteroatoms. The molecule has 34 heavy (non-hydrogen) atoms. The second kappa shape index (κ2) is 11.4. The summed E-state index contributed by atoms with van der Waals surface area (Å²) in [5, 5.41) is 2.13. The van der Waals surface area contributed by atoms with Gasteiger partial charge in [0.2, 0.25) is 11.8 Å². The van der Waals surface area contributed by atoms with Crippen molar-refractivity contribution in [2.24, 2.45) is 11.7 Å². The first-order chi connectivity index (χ1) is 15.8. The van der Waals surface area contributed by atoms with E-state index in [1.54, 1.807) is 0 Å². The number of nitrogens with zero attached hydrogens (tertiary/aromatic N) is 1. The Hall–Kier alpha value is -2.34. The van der Waals surface area contributed by atoms with Crippen molar-refractivity contribution in [1.29, 1.82) is 0 Å². The van der Waals surface area contributed by atoms with Gasteiger partial charge in [-0.25, -0.2) is 13.6 Å². The van der Waals surface area contributed by atoms with Crippen molar-refractivity contribution in [2.45, 2.75) is 50.0 Å². The van der Waals surface area contributed by atoms with E-state index in [1.165, 1.54) is 12.1 Å². The Labute approximate surface area is 201 Å². The van der Waals surface area contributed by atoms with Crippen molar-refractivity contribution in [1.82, 2.24) is 10.2 Å². The molecule has 3 aliphatic rings. The summed E-state index contributed by atoms with van der Waals surface area (Å²) in [4.78, 5) is 38.5. The first kappa shape index (κ1) is 26.3. The van der Waals surface area contributed by atoms with E-state index in [4.69, 9.17) is 19.9 Å². The summed E-state index contributed by atoms with van der Waals surface area (Å²) in [5.41, 5.74) is 5.87. The molecule has 3 aliphatic heterocycles. The summed E-state index contributed by atoms with van der Waals surface area (Å²) in [6.45, 7) is 1.73. The first-order valence-electron chi connectivity index (χ1n) is 11.0. The van der Waals surface area contributed by atoms with Crippen molar-refractivity contribution in [3.05, 3.63) is 29.6 Å². The molecule has 4 rings (SSSR count). The lowest BCUT2D eigenvalue weighted by Gasteiger charge is -2.37. The molecule has 0 radical (unpaired) electrons. The van der Waals surface area contributed by atoms with Crippen molar-refractivity contribution in [3.63, 3.8) is 0 Å². The van der Waals surface area contributed by atoms with E-state index in [0.717, 1.165) is 11.0 Å². The summed E-state index contributed by atoms with van der Waals surface area (Å²) >= 11 is 0. The number of amides is 4. The minimum atomic E-state index is -1.92. The van der Waals surface area contributed by atoms with E-state index in [0.29, 0.717) is 51.4 Å². The molecular formula is C22H28ClF2N3O6. The van der Waals surface area contributed by atoms with E-state index in [2.05, 4.69) is 5.32 Å². The topological polar surface area (TPSA) is 120 Å². The molecule has 3 saturated heterocycles. The third-order valence-electron chi connectivity index (χ3n) is 6.22. The number of carbonyl (C=O) groups is 3. The minimum Gasteiger partial charge on any atom is -0.488 e. The average Bonchev–Trinajstić information content (AvgIpc) is 3.31. The Morgan fingerprint density at radius 3 is 2.53 bits per heavy atom. The van der Waals surface area contributed by atoms with Crippen molar-refractivity contribution in [2.75, 3.05) is 26.4 Å². The van der Waals surface area contributed by atoms with Gasteiger partial charge >= 0.3 is 6.03 Å². The lowest BCUT2D eigenvalue weighted by Crippen LogP contribution is -2.62. The molecule has 3 heterocycles. The molecule has 3 fully saturated rings.